The van der Waals surface area contributed by atoms with Gasteiger partial charge in [0.1, 0.15) is 6.54 Å². The highest BCUT2D eigenvalue weighted by atomic mass is 32.2. The summed E-state index contributed by atoms with van der Waals surface area (Å²) in [7, 11) is -3.65. The summed E-state index contributed by atoms with van der Waals surface area (Å²) in [6.45, 7) is 0.916. The molecule has 0 bridgehead atoms. The molecule has 0 aliphatic rings. The summed E-state index contributed by atoms with van der Waals surface area (Å²) in [5.74, 6) is -1.33. The molecule has 106 valence electrons. The van der Waals surface area contributed by atoms with Crippen LogP contribution in [0.25, 0.3) is 10.8 Å². The van der Waals surface area contributed by atoms with Gasteiger partial charge < -0.3 is 5.11 Å². The molecule has 2 aromatic rings. The highest BCUT2D eigenvalue weighted by molar-refractivity contribution is 7.92. The maximum Gasteiger partial charge on any atom is 0.324 e. The lowest BCUT2D eigenvalue weighted by Gasteiger charge is -2.23. The molecule has 0 amide bonds. The molecule has 0 radical (unpaired) electrons. The highest BCUT2D eigenvalue weighted by Crippen LogP contribution is 2.28. The van der Waals surface area contributed by atoms with Crippen LogP contribution in [0.3, 0.4) is 0 Å². The van der Waals surface area contributed by atoms with Gasteiger partial charge >= 0.3 is 5.97 Å². The monoisotopic (exact) mass is 293 g/mol. The first-order valence-electron chi connectivity index (χ1n) is 6.15. The minimum Gasteiger partial charge on any atom is -0.480 e. The fourth-order valence-electron chi connectivity index (χ4n) is 2.04. The molecular weight excluding hydrogens is 278 g/mol. The quantitative estimate of drug-likeness (QED) is 0.916. The smallest absolute Gasteiger partial charge is 0.324 e. The summed E-state index contributed by atoms with van der Waals surface area (Å²) in [5.41, 5.74) is 0.396. The molecule has 5 nitrogen and oxygen atoms in total. The summed E-state index contributed by atoms with van der Waals surface area (Å²) in [4.78, 5) is 11.0. The second-order valence-corrected chi connectivity index (χ2v) is 6.48. The third-order valence-electron chi connectivity index (χ3n) is 3.01. The number of benzene rings is 2. The Hall–Kier alpha value is -2.08. The van der Waals surface area contributed by atoms with Crippen molar-refractivity contribution in [1.29, 1.82) is 0 Å². The lowest BCUT2D eigenvalue weighted by Crippen LogP contribution is -2.36. The number of carboxylic acids is 1. The number of aliphatic carboxylic acids is 1. The molecule has 6 heteroatoms. The normalized spacial score (nSPS) is 11.4. The number of carboxylic acid groups (broad SMARTS) is 1. The molecule has 0 aliphatic carbocycles. The van der Waals surface area contributed by atoms with E-state index in [1.807, 2.05) is 18.2 Å². The van der Waals surface area contributed by atoms with E-state index < -0.39 is 22.5 Å². The van der Waals surface area contributed by atoms with E-state index in [4.69, 9.17) is 5.11 Å². The minimum absolute atomic E-state index is 0.149. The Bertz CT molecular complexity index is 734. The first kappa shape index (κ1) is 14.3. The molecule has 0 heterocycles. The van der Waals surface area contributed by atoms with Gasteiger partial charge in [0.25, 0.3) is 0 Å². The fraction of sp³-hybridized carbons (Fsp3) is 0.214. The van der Waals surface area contributed by atoms with Gasteiger partial charge in [0, 0.05) is 5.39 Å². The van der Waals surface area contributed by atoms with Crippen molar-refractivity contribution in [2.75, 3.05) is 16.6 Å². The van der Waals surface area contributed by atoms with E-state index in [1.165, 1.54) is 6.92 Å². The Morgan fingerprint density at radius 3 is 2.45 bits per heavy atom. The Labute approximate surface area is 117 Å². The van der Waals surface area contributed by atoms with Crippen LogP contribution in [-0.4, -0.2) is 31.8 Å². The predicted octanol–water partition coefficient (Wildman–Crippen LogP) is 2.08. The van der Waals surface area contributed by atoms with Crippen molar-refractivity contribution in [3.8, 4) is 0 Å². The number of hydrogen-bond acceptors (Lipinski definition) is 3. The SMILES string of the molecule is CCS(=O)(=O)N(CC(=O)O)c1cccc2ccccc12. The molecule has 2 aromatic carbocycles. The molecule has 20 heavy (non-hydrogen) atoms. The van der Waals surface area contributed by atoms with Gasteiger partial charge in [0.2, 0.25) is 10.0 Å². The van der Waals surface area contributed by atoms with Gasteiger partial charge in [-0.3, -0.25) is 9.10 Å². The zero-order chi connectivity index (χ0) is 14.8. The number of anilines is 1. The number of carbonyl (C=O) groups is 1. The molecule has 0 saturated carbocycles. The zero-order valence-electron chi connectivity index (χ0n) is 11.0. The van der Waals surface area contributed by atoms with Crippen molar-refractivity contribution in [3.63, 3.8) is 0 Å². The Balaban J connectivity index is 2.66. The number of fused-ring (bicyclic) bond motifs is 1. The highest BCUT2D eigenvalue weighted by Gasteiger charge is 2.24. The van der Waals surface area contributed by atoms with Gasteiger partial charge in [0.15, 0.2) is 0 Å². The van der Waals surface area contributed by atoms with Gasteiger partial charge in [-0.05, 0) is 18.4 Å². The second kappa shape index (κ2) is 5.50. The zero-order valence-corrected chi connectivity index (χ0v) is 11.8. The molecule has 0 unspecified atom stereocenters. The van der Waals surface area contributed by atoms with E-state index in [-0.39, 0.29) is 5.75 Å². The van der Waals surface area contributed by atoms with Crippen LogP contribution in [0.2, 0.25) is 0 Å². The van der Waals surface area contributed by atoms with E-state index >= 15 is 0 Å². The Kier molecular flexibility index (Phi) is 3.94. The largest absolute Gasteiger partial charge is 0.480 e. The van der Waals surface area contributed by atoms with Gasteiger partial charge in [-0.25, -0.2) is 8.42 Å². The number of nitrogens with zero attached hydrogens (tertiary/aromatic N) is 1. The van der Waals surface area contributed by atoms with Crippen LogP contribution in [0.1, 0.15) is 6.92 Å². The number of hydrogen-bond donors (Lipinski definition) is 1. The molecule has 0 atom stereocenters. The van der Waals surface area contributed by atoms with E-state index in [0.717, 1.165) is 9.69 Å². The lowest BCUT2D eigenvalue weighted by molar-refractivity contribution is -0.135. The maximum atomic E-state index is 12.1. The third kappa shape index (κ3) is 2.75. The summed E-state index contributed by atoms with van der Waals surface area (Å²) in [6, 6.07) is 12.5. The van der Waals surface area contributed by atoms with Gasteiger partial charge in [-0.1, -0.05) is 36.4 Å². The van der Waals surface area contributed by atoms with E-state index in [1.54, 1.807) is 24.3 Å². The molecule has 2 rings (SSSR count). The summed E-state index contributed by atoms with van der Waals surface area (Å²) in [5, 5.41) is 10.6. The van der Waals surface area contributed by atoms with Crippen molar-refractivity contribution >= 4 is 32.5 Å². The van der Waals surface area contributed by atoms with Crippen molar-refractivity contribution < 1.29 is 18.3 Å². The number of rotatable bonds is 5. The first-order valence-corrected chi connectivity index (χ1v) is 7.76. The van der Waals surface area contributed by atoms with Crippen molar-refractivity contribution in [2.45, 2.75) is 6.92 Å². The third-order valence-corrected chi connectivity index (χ3v) is 4.74. The maximum absolute atomic E-state index is 12.1. The number of sulfonamides is 1. The lowest BCUT2D eigenvalue weighted by atomic mass is 10.1. The van der Waals surface area contributed by atoms with E-state index in [2.05, 4.69) is 0 Å². The summed E-state index contributed by atoms with van der Waals surface area (Å²) in [6.07, 6.45) is 0. The van der Waals surface area contributed by atoms with Gasteiger partial charge in [0.05, 0.1) is 11.4 Å². The summed E-state index contributed by atoms with van der Waals surface area (Å²) < 4.78 is 25.2. The molecule has 0 aliphatic heterocycles. The average molecular weight is 293 g/mol. The predicted molar refractivity (Wildman–Crippen MR) is 78.4 cm³/mol. The van der Waals surface area contributed by atoms with E-state index in [9.17, 15) is 13.2 Å². The second-order valence-electron chi connectivity index (χ2n) is 4.30. The Morgan fingerprint density at radius 2 is 1.80 bits per heavy atom. The van der Waals surface area contributed by atoms with Crippen LogP contribution in [0.5, 0.6) is 0 Å². The standard InChI is InChI=1S/C14H15NO4S/c1-2-20(18,19)15(10-14(16)17)13-9-5-7-11-6-3-4-8-12(11)13/h3-9H,2,10H2,1H3,(H,16,17). The van der Waals surface area contributed by atoms with Crippen molar-refractivity contribution in [2.24, 2.45) is 0 Å². The van der Waals surface area contributed by atoms with Crippen LogP contribution < -0.4 is 4.31 Å². The molecular formula is C14H15NO4S. The fourth-order valence-corrected chi connectivity index (χ4v) is 3.12. The van der Waals surface area contributed by atoms with Crippen LogP contribution in [0.15, 0.2) is 42.5 Å². The average Bonchev–Trinajstić information content (AvgIpc) is 2.44. The molecule has 0 fully saturated rings. The minimum atomic E-state index is -3.65. The molecule has 0 aromatic heterocycles. The van der Waals surface area contributed by atoms with Crippen LogP contribution in [0.4, 0.5) is 5.69 Å². The van der Waals surface area contributed by atoms with Gasteiger partial charge in [-0.2, -0.15) is 0 Å². The van der Waals surface area contributed by atoms with Gasteiger partial charge in [-0.15, -0.1) is 0 Å². The van der Waals surface area contributed by atoms with Crippen LogP contribution in [0, 0.1) is 0 Å². The van der Waals surface area contributed by atoms with Crippen LogP contribution in [-0.2, 0) is 14.8 Å². The van der Waals surface area contributed by atoms with Crippen molar-refractivity contribution in [3.05, 3.63) is 42.5 Å². The topological polar surface area (TPSA) is 74.7 Å². The Morgan fingerprint density at radius 1 is 1.15 bits per heavy atom. The summed E-state index contributed by atoms with van der Waals surface area (Å²) >= 11 is 0. The van der Waals surface area contributed by atoms with E-state index in [0.29, 0.717) is 11.1 Å². The molecule has 0 saturated heterocycles. The molecule has 0 spiro atoms. The first-order chi connectivity index (χ1) is 9.45. The van der Waals surface area contributed by atoms with Crippen molar-refractivity contribution in [1.82, 2.24) is 0 Å². The molecule has 1 N–H and O–H groups in total. The van der Waals surface area contributed by atoms with Crippen LogP contribution >= 0.6 is 0 Å².